The van der Waals surface area contributed by atoms with Gasteiger partial charge in [-0.1, -0.05) is 26.0 Å². The predicted molar refractivity (Wildman–Crippen MR) is 108 cm³/mol. The number of aromatic nitrogens is 2. The molecule has 0 aliphatic carbocycles. The van der Waals surface area contributed by atoms with Crippen LogP contribution in [0.1, 0.15) is 55.3 Å². The smallest absolute Gasteiger partial charge is 0.135 e. The van der Waals surface area contributed by atoms with Crippen molar-refractivity contribution in [1.29, 1.82) is 0 Å². The van der Waals surface area contributed by atoms with E-state index in [-0.39, 0.29) is 0 Å². The van der Waals surface area contributed by atoms with Gasteiger partial charge in [0.15, 0.2) is 0 Å². The molecular weight excluding hydrogens is 336 g/mol. The summed E-state index contributed by atoms with van der Waals surface area (Å²) >= 11 is 0. The lowest BCUT2D eigenvalue weighted by Gasteiger charge is -2.31. The minimum absolute atomic E-state index is 0.352. The molecule has 3 heterocycles. The molecule has 1 fully saturated rings. The number of fused-ring (bicyclic) bond motifs is 1. The first-order chi connectivity index (χ1) is 13.1. The van der Waals surface area contributed by atoms with Gasteiger partial charge in [0.05, 0.1) is 12.8 Å². The van der Waals surface area contributed by atoms with Crippen molar-refractivity contribution in [3.63, 3.8) is 0 Å². The predicted octanol–water partition coefficient (Wildman–Crippen LogP) is 3.77. The van der Waals surface area contributed by atoms with Gasteiger partial charge in [0.2, 0.25) is 0 Å². The molecule has 4 rings (SSSR count). The van der Waals surface area contributed by atoms with Gasteiger partial charge in [-0.3, -0.25) is 4.90 Å². The van der Waals surface area contributed by atoms with Crippen LogP contribution in [0, 0.1) is 0 Å². The molecule has 0 atom stereocenters. The van der Waals surface area contributed by atoms with Gasteiger partial charge in [-0.25, -0.2) is 9.97 Å². The Bertz CT molecular complexity index is 799. The molecule has 0 spiro atoms. The lowest BCUT2D eigenvalue weighted by molar-refractivity contribution is 0.240. The molecule has 2 aliphatic heterocycles. The zero-order chi connectivity index (χ0) is 18.8. The Morgan fingerprint density at radius 3 is 2.67 bits per heavy atom. The number of hydrogen-bond donors (Lipinski definition) is 0. The molecule has 0 bridgehead atoms. The number of methoxy groups -OCH3 is 1. The summed E-state index contributed by atoms with van der Waals surface area (Å²) in [4.78, 5) is 14.9. The normalized spacial score (nSPS) is 17.4. The Kier molecular flexibility index (Phi) is 5.30. The average molecular weight is 367 g/mol. The summed E-state index contributed by atoms with van der Waals surface area (Å²) < 4.78 is 5.37. The van der Waals surface area contributed by atoms with Crippen LogP contribution in [0.15, 0.2) is 24.3 Å². The first-order valence-electron chi connectivity index (χ1n) is 10.1. The molecule has 5 nitrogen and oxygen atoms in total. The van der Waals surface area contributed by atoms with Crippen LogP contribution in [0.5, 0.6) is 5.75 Å². The number of benzene rings is 1. The molecule has 0 radical (unpaired) electrons. The number of ether oxygens (including phenoxy) is 1. The topological polar surface area (TPSA) is 41.5 Å². The summed E-state index contributed by atoms with van der Waals surface area (Å²) in [5.41, 5.74) is 3.89. The van der Waals surface area contributed by atoms with Gasteiger partial charge in [-0.15, -0.1) is 0 Å². The van der Waals surface area contributed by atoms with Gasteiger partial charge in [-0.2, -0.15) is 0 Å². The van der Waals surface area contributed by atoms with E-state index in [0.717, 1.165) is 50.7 Å². The Morgan fingerprint density at radius 1 is 1.11 bits per heavy atom. The second kappa shape index (κ2) is 7.85. The Hall–Kier alpha value is -2.14. The van der Waals surface area contributed by atoms with Crippen LogP contribution in [0.2, 0.25) is 0 Å². The van der Waals surface area contributed by atoms with Crippen LogP contribution >= 0.6 is 0 Å². The van der Waals surface area contributed by atoms with Crippen LogP contribution in [0.25, 0.3) is 0 Å². The lowest BCUT2D eigenvalue weighted by Crippen LogP contribution is -2.33. The maximum Gasteiger partial charge on any atom is 0.135 e. The van der Waals surface area contributed by atoms with Crippen molar-refractivity contribution in [3.8, 4) is 5.75 Å². The largest absolute Gasteiger partial charge is 0.497 e. The van der Waals surface area contributed by atoms with Gasteiger partial charge >= 0.3 is 0 Å². The van der Waals surface area contributed by atoms with Gasteiger partial charge in [0, 0.05) is 44.2 Å². The van der Waals surface area contributed by atoms with E-state index < -0.39 is 0 Å². The Labute approximate surface area is 162 Å². The number of hydrogen-bond acceptors (Lipinski definition) is 5. The molecule has 1 saturated heterocycles. The van der Waals surface area contributed by atoms with E-state index in [2.05, 4.69) is 41.8 Å². The highest BCUT2D eigenvalue weighted by molar-refractivity contribution is 5.51. The highest BCUT2D eigenvalue weighted by atomic mass is 16.5. The lowest BCUT2D eigenvalue weighted by atomic mass is 10.0. The van der Waals surface area contributed by atoms with Gasteiger partial charge in [0.25, 0.3) is 0 Å². The van der Waals surface area contributed by atoms with Crippen molar-refractivity contribution in [2.45, 2.75) is 52.1 Å². The fourth-order valence-corrected chi connectivity index (χ4v) is 4.10. The van der Waals surface area contributed by atoms with Crippen LogP contribution in [0.4, 0.5) is 5.82 Å². The molecule has 2 aliphatic rings. The summed E-state index contributed by atoms with van der Waals surface area (Å²) in [6.07, 6.45) is 3.58. The molecule has 0 unspecified atom stereocenters. The van der Waals surface area contributed by atoms with Gasteiger partial charge in [0.1, 0.15) is 17.4 Å². The van der Waals surface area contributed by atoms with E-state index in [1.807, 2.05) is 6.07 Å². The minimum atomic E-state index is 0.352. The molecule has 0 N–H and O–H groups in total. The van der Waals surface area contributed by atoms with Crippen LogP contribution in [-0.4, -0.2) is 41.6 Å². The van der Waals surface area contributed by atoms with E-state index in [0.29, 0.717) is 5.92 Å². The van der Waals surface area contributed by atoms with Gasteiger partial charge in [-0.05, 0) is 37.0 Å². The second-order valence-electron chi connectivity index (χ2n) is 7.99. The van der Waals surface area contributed by atoms with Crippen molar-refractivity contribution < 1.29 is 4.74 Å². The SMILES string of the molecule is COc1cccc(CN2CCc3c(nc(C(C)C)nc3N3CCCC3)C2)c1. The van der Waals surface area contributed by atoms with E-state index in [9.17, 15) is 0 Å². The third-order valence-electron chi connectivity index (χ3n) is 5.60. The monoisotopic (exact) mass is 366 g/mol. The van der Waals surface area contributed by atoms with E-state index in [1.54, 1.807) is 7.11 Å². The fourth-order valence-electron chi connectivity index (χ4n) is 4.10. The fraction of sp³-hybridized carbons (Fsp3) is 0.545. The van der Waals surface area contributed by atoms with Crippen LogP contribution in [-0.2, 0) is 19.5 Å². The van der Waals surface area contributed by atoms with E-state index in [4.69, 9.17) is 14.7 Å². The van der Waals surface area contributed by atoms with Gasteiger partial charge < -0.3 is 9.64 Å². The molecule has 2 aromatic rings. The first kappa shape index (κ1) is 18.2. The highest BCUT2D eigenvalue weighted by Crippen LogP contribution is 2.31. The van der Waals surface area contributed by atoms with Crippen molar-refractivity contribution >= 4 is 5.82 Å². The number of anilines is 1. The maximum atomic E-state index is 5.37. The van der Waals surface area contributed by atoms with Crippen LogP contribution < -0.4 is 9.64 Å². The zero-order valence-corrected chi connectivity index (χ0v) is 16.7. The molecule has 0 saturated carbocycles. The number of nitrogens with zero attached hydrogens (tertiary/aromatic N) is 4. The van der Waals surface area contributed by atoms with Crippen molar-refractivity contribution in [2.75, 3.05) is 31.6 Å². The Balaban J connectivity index is 1.59. The summed E-state index contributed by atoms with van der Waals surface area (Å²) in [5, 5.41) is 0. The van der Waals surface area contributed by atoms with Crippen molar-refractivity contribution in [1.82, 2.24) is 14.9 Å². The van der Waals surface area contributed by atoms with E-state index in [1.165, 1.54) is 35.5 Å². The van der Waals surface area contributed by atoms with E-state index >= 15 is 0 Å². The summed E-state index contributed by atoms with van der Waals surface area (Å²) in [5.74, 6) is 3.47. The summed E-state index contributed by atoms with van der Waals surface area (Å²) in [7, 11) is 1.72. The van der Waals surface area contributed by atoms with Crippen LogP contribution in [0.3, 0.4) is 0 Å². The summed E-state index contributed by atoms with van der Waals surface area (Å²) in [6, 6.07) is 8.37. The third kappa shape index (κ3) is 3.93. The summed E-state index contributed by atoms with van der Waals surface area (Å²) in [6.45, 7) is 9.52. The van der Waals surface area contributed by atoms with Crippen molar-refractivity contribution in [2.24, 2.45) is 0 Å². The molecule has 1 aromatic heterocycles. The third-order valence-corrected chi connectivity index (χ3v) is 5.60. The standard InChI is InChI=1S/C22H30N4O/c1-16(2)21-23-20-15-25(14-17-7-6-8-18(13-17)27-3)12-9-19(20)22(24-21)26-10-4-5-11-26/h6-8,13,16H,4-5,9-12,14-15H2,1-3H3. The second-order valence-corrected chi connectivity index (χ2v) is 7.99. The maximum absolute atomic E-state index is 5.37. The molecule has 1 aromatic carbocycles. The molecule has 0 amide bonds. The zero-order valence-electron chi connectivity index (χ0n) is 16.7. The molecule has 5 heteroatoms. The molecule has 144 valence electrons. The number of rotatable bonds is 5. The quantitative estimate of drug-likeness (QED) is 0.806. The molecule has 27 heavy (non-hydrogen) atoms. The Morgan fingerprint density at radius 2 is 1.93 bits per heavy atom. The average Bonchev–Trinajstić information content (AvgIpc) is 3.21. The molecular formula is C22H30N4O. The van der Waals surface area contributed by atoms with Crippen molar-refractivity contribution in [3.05, 3.63) is 46.9 Å². The first-order valence-corrected chi connectivity index (χ1v) is 10.1. The minimum Gasteiger partial charge on any atom is -0.497 e. The highest BCUT2D eigenvalue weighted by Gasteiger charge is 2.26.